The van der Waals surface area contributed by atoms with Gasteiger partial charge in [0.05, 0.1) is 16.6 Å². The van der Waals surface area contributed by atoms with Crippen molar-refractivity contribution >= 4 is 11.0 Å². The number of imidazole rings is 1. The van der Waals surface area contributed by atoms with Gasteiger partial charge in [0, 0.05) is 0 Å². The fourth-order valence-electron chi connectivity index (χ4n) is 3.96. The Hall–Kier alpha value is -3.19. The zero-order chi connectivity index (χ0) is 19.7. The summed E-state index contributed by atoms with van der Waals surface area (Å²) in [6, 6.07) is 17.7. The first-order chi connectivity index (χ1) is 14.2. The summed E-state index contributed by atoms with van der Waals surface area (Å²) in [5.41, 5.74) is 7.92. The fourth-order valence-corrected chi connectivity index (χ4v) is 3.96. The fraction of sp³-hybridized carbons (Fsp3) is 0.318. The highest BCUT2D eigenvalue weighted by atomic mass is 16.5. The molecule has 2 heterocycles. The number of nitrogens with two attached hydrogens (primary N) is 1. The van der Waals surface area contributed by atoms with E-state index in [0.717, 1.165) is 48.3 Å². The van der Waals surface area contributed by atoms with Gasteiger partial charge in [-0.05, 0) is 37.1 Å². The van der Waals surface area contributed by atoms with E-state index in [9.17, 15) is 0 Å². The summed E-state index contributed by atoms with van der Waals surface area (Å²) in [5.74, 6) is 2.74. The minimum Gasteiger partial charge on any atom is -0.486 e. The third-order valence-electron chi connectivity index (χ3n) is 5.55. The van der Waals surface area contributed by atoms with Crippen LogP contribution in [0.15, 0.2) is 59.1 Å². The van der Waals surface area contributed by atoms with Gasteiger partial charge in [0.25, 0.3) is 0 Å². The van der Waals surface area contributed by atoms with Gasteiger partial charge in [-0.2, -0.15) is 4.98 Å². The van der Waals surface area contributed by atoms with Gasteiger partial charge in [-0.3, -0.25) is 0 Å². The lowest BCUT2D eigenvalue weighted by Gasteiger charge is -2.17. The molecule has 4 aromatic rings. The number of benzene rings is 2. The average molecular weight is 389 g/mol. The van der Waals surface area contributed by atoms with Crippen LogP contribution in [0.3, 0.4) is 0 Å². The molecule has 0 radical (unpaired) electrons. The topological polar surface area (TPSA) is 92.0 Å². The molecular formula is C22H23N5O2. The van der Waals surface area contributed by atoms with Crippen molar-refractivity contribution < 1.29 is 9.26 Å². The SMILES string of the molecule is NC1(c2noc(Cn3c(COc4ccccc4)nc4ccccc43)n2)CCCC1. The normalized spacial score (nSPS) is 15.8. The van der Waals surface area contributed by atoms with Gasteiger partial charge in [0.15, 0.2) is 5.82 Å². The summed E-state index contributed by atoms with van der Waals surface area (Å²) in [7, 11) is 0. The number of rotatable bonds is 6. The highest BCUT2D eigenvalue weighted by molar-refractivity contribution is 5.75. The Balaban J connectivity index is 1.43. The van der Waals surface area contributed by atoms with Crippen molar-refractivity contribution in [3.8, 4) is 5.75 Å². The lowest BCUT2D eigenvalue weighted by Crippen LogP contribution is -2.34. The molecule has 0 atom stereocenters. The van der Waals surface area contributed by atoms with Crippen LogP contribution in [0.4, 0.5) is 0 Å². The molecule has 1 fully saturated rings. The van der Waals surface area contributed by atoms with Crippen LogP contribution in [0.5, 0.6) is 5.75 Å². The van der Waals surface area contributed by atoms with E-state index in [2.05, 4.69) is 14.7 Å². The highest BCUT2D eigenvalue weighted by Crippen LogP contribution is 2.34. The maximum Gasteiger partial charge on any atom is 0.246 e. The van der Waals surface area contributed by atoms with Crippen molar-refractivity contribution in [2.75, 3.05) is 0 Å². The summed E-state index contributed by atoms with van der Waals surface area (Å²) >= 11 is 0. The molecule has 0 aliphatic heterocycles. The largest absolute Gasteiger partial charge is 0.486 e. The smallest absolute Gasteiger partial charge is 0.246 e. The molecule has 5 rings (SSSR count). The van der Waals surface area contributed by atoms with Gasteiger partial charge >= 0.3 is 0 Å². The third kappa shape index (κ3) is 3.49. The maximum atomic E-state index is 6.48. The lowest BCUT2D eigenvalue weighted by atomic mass is 9.99. The van der Waals surface area contributed by atoms with Gasteiger partial charge in [0.2, 0.25) is 5.89 Å². The first kappa shape index (κ1) is 17.9. The summed E-state index contributed by atoms with van der Waals surface area (Å²) in [6.07, 6.45) is 4.01. The Morgan fingerprint density at radius 3 is 2.59 bits per heavy atom. The number of hydrogen-bond donors (Lipinski definition) is 1. The number of ether oxygens (including phenoxy) is 1. The molecule has 7 nitrogen and oxygen atoms in total. The molecule has 2 aromatic carbocycles. The van der Waals surface area contributed by atoms with Crippen LogP contribution in [-0.2, 0) is 18.7 Å². The van der Waals surface area contributed by atoms with Crippen molar-refractivity contribution in [3.05, 3.63) is 72.1 Å². The molecule has 0 saturated heterocycles. The minimum absolute atomic E-state index is 0.348. The Bertz CT molecular complexity index is 1110. The molecule has 0 unspecified atom stereocenters. The molecule has 2 N–H and O–H groups in total. The van der Waals surface area contributed by atoms with Gasteiger partial charge in [-0.25, -0.2) is 4.98 Å². The monoisotopic (exact) mass is 389 g/mol. The third-order valence-corrected chi connectivity index (χ3v) is 5.55. The number of para-hydroxylation sites is 3. The lowest BCUT2D eigenvalue weighted by molar-refractivity contribution is 0.288. The van der Waals surface area contributed by atoms with E-state index in [1.807, 2.05) is 54.6 Å². The second-order valence-electron chi connectivity index (χ2n) is 7.58. The van der Waals surface area contributed by atoms with Gasteiger partial charge in [-0.15, -0.1) is 0 Å². The molecule has 1 aliphatic carbocycles. The highest BCUT2D eigenvalue weighted by Gasteiger charge is 2.36. The molecule has 1 saturated carbocycles. The Kier molecular flexibility index (Phi) is 4.52. The molecule has 0 spiro atoms. The maximum absolute atomic E-state index is 6.48. The van der Waals surface area contributed by atoms with Crippen molar-refractivity contribution in [1.29, 1.82) is 0 Å². The second-order valence-corrected chi connectivity index (χ2v) is 7.58. The summed E-state index contributed by atoms with van der Waals surface area (Å²) in [6.45, 7) is 0.775. The number of nitrogens with zero attached hydrogens (tertiary/aromatic N) is 4. The second kappa shape index (κ2) is 7.33. The molecule has 29 heavy (non-hydrogen) atoms. The predicted octanol–water partition coefficient (Wildman–Crippen LogP) is 3.77. The van der Waals surface area contributed by atoms with E-state index in [4.69, 9.17) is 20.0 Å². The van der Waals surface area contributed by atoms with E-state index < -0.39 is 5.54 Å². The van der Waals surface area contributed by atoms with Crippen LogP contribution in [0, 0.1) is 0 Å². The predicted molar refractivity (Wildman–Crippen MR) is 108 cm³/mol. The van der Waals surface area contributed by atoms with E-state index in [1.54, 1.807) is 0 Å². The minimum atomic E-state index is -0.460. The quantitative estimate of drug-likeness (QED) is 0.540. The number of aromatic nitrogens is 4. The van der Waals surface area contributed by atoms with E-state index in [1.165, 1.54) is 0 Å². The Labute approximate surface area is 168 Å². The summed E-state index contributed by atoms with van der Waals surface area (Å²) in [4.78, 5) is 9.36. The van der Waals surface area contributed by atoms with Crippen LogP contribution in [0.1, 0.15) is 43.2 Å². The van der Waals surface area contributed by atoms with E-state index in [0.29, 0.717) is 24.9 Å². The van der Waals surface area contributed by atoms with Crippen LogP contribution in [-0.4, -0.2) is 19.7 Å². The average Bonchev–Trinajstić information content (AvgIpc) is 3.48. The zero-order valence-corrected chi connectivity index (χ0v) is 16.1. The van der Waals surface area contributed by atoms with Crippen LogP contribution < -0.4 is 10.5 Å². The summed E-state index contributed by atoms with van der Waals surface area (Å²) < 4.78 is 13.5. The van der Waals surface area contributed by atoms with Crippen LogP contribution in [0.2, 0.25) is 0 Å². The van der Waals surface area contributed by atoms with Crippen LogP contribution in [0.25, 0.3) is 11.0 Å². The first-order valence-electron chi connectivity index (χ1n) is 9.95. The van der Waals surface area contributed by atoms with Crippen molar-refractivity contribution in [2.45, 2.75) is 44.4 Å². The molecular weight excluding hydrogens is 366 g/mol. The zero-order valence-electron chi connectivity index (χ0n) is 16.1. The summed E-state index contributed by atoms with van der Waals surface area (Å²) in [5, 5.41) is 4.18. The van der Waals surface area contributed by atoms with Crippen molar-refractivity contribution in [1.82, 2.24) is 19.7 Å². The molecule has 1 aliphatic rings. The molecule has 2 aromatic heterocycles. The number of fused-ring (bicyclic) bond motifs is 1. The van der Waals surface area contributed by atoms with Gasteiger partial charge in [-0.1, -0.05) is 48.3 Å². The van der Waals surface area contributed by atoms with Crippen molar-refractivity contribution in [2.24, 2.45) is 5.73 Å². The molecule has 148 valence electrons. The standard InChI is InChI=1S/C22H23N5O2/c23-22(12-6-7-13-22)21-25-20(29-26-21)14-27-18-11-5-4-10-17(18)24-19(27)15-28-16-8-2-1-3-9-16/h1-5,8-11H,6-7,12-15,23H2. The molecule has 0 amide bonds. The van der Waals surface area contributed by atoms with E-state index >= 15 is 0 Å². The Morgan fingerprint density at radius 2 is 1.76 bits per heavy atom. The molecule has 7 heteroatoms. The number of hydrogen-bond acceptors (Lipinski definition) is 6. The molecule has 0 bridgehead atoms. The van der Waals surface area contributed by atoms with Crippen molar-refractivity contribution in [3.63, 3.8) is 0 Å². The van der Waals surface area contributed by atoms with Gasteiger partial charge in [0.1, 0.15) is 24.7 Å². The Morgan fingerprint density at radius 1 is 1.00 bits per heavy atom. The van der Waals surface area contributed by atoms with Gasteiger partial charge < -0.3 is 19.6 Å². The van der Waals surface area contributed by atoms with Crippen LogP contribution >= 0.6 is 0 Å². The first-order valence-corrected chi connectivity index (χ1v) is 9.95. The van der Waals surface area contributed by atoms with E-state index in [-0.39, 0.29) is 0 Å².